The van der Waals surface area contributed by atoms with E-state index in [1.54, 1.807) is 23.6 Å². The molecule has 2 fully saturated rings. The molecule has 1 N–H and O–H groups in total. The number of hydrogen-bond donors (Lipinski definition) is 1. The fraction of sp³-hybridized carbons (Fsp3) is 0.448. The number of piperidine rings is 1. The van der Waals surface area contributed by atoms with E-state index < -0.39 is 5.41 Å². The summed E-state index contributed by atoms with van der Waals surface area (Å²) in [5.74, 6) is 0.601. The van der Waals surface area contributed by atoms with E-state index in [9.17, 15) is 14.4 Å². The SMILES string of the molecule is O=C(C=Cc1cnc2c(c1)CC1(CCN(C(=O)N3CCC3)CC1)C(=O)N2)N1CC=C(Cc2cccs2)CC1. The average Bonchev–Trinajstić information content (AvgIpc) is 3.41. The lowest BCUT2D eigenvalue weighted by atomic mass is 9.71. The first kappa shape index (κ1) is 24.9. The first-order chi connectivity index (χ1) is 18.5. The van der Waals surface area contributed by atoms with Gasteiger partial charge < -0.3 is 20.0 Å². The van der Waals surface area contributed by atoms with E-state index in [-0.39, 0.29) is 17.8 Å². The zero-order chi connectivity index (χ0) is 26.1. The number of hydrogen-bond acceptors (Lipinski definition) is 5. The molecule has 4 aliphatic heterocycles. The third kappa shape index (κ3) is 4.99. The van der Waals surface area contributed by atoms with Crippen LogP contribution in [0.1, 0.15) is 41.7 Å². The van der Waals surface area contributed by atoms with Crippen molar-refractivity contribution in [3.05, 3.63) is 63.5 Å². The van der Waals surface area contributed by atoms with Gasteiger partial charge in [-0.05, 0) is 66.8 Å². The summed E-state index contributed by atoms with van der Waals surface area (Å²) < 4.78 is 0. The molecule has 4 amide bonds. The molecule has 0 saturated carbocycles. The van der Waals surface area contributed by atoms with Gasteiger partial charge in [-0.25, -0.2) is 9.78 Å². The maximum atomic E-state index is 13.1. The number of thiophene rings is 1. The summed E-state index contributed by atoms with van der Waals surface area (Å²) in [5.41, 5.74) is 2.71. The lowest BCUT2D eigenvalue weighted by Gasteiger charge is -2.45. The van der Waals surface area contributed by atoms with Crippen LogP contribution in [0.3, 0.4) is 0 Å². The Morgan fingerprint density at radius 2 is 1.92 bits per heavy atom. The fourth-order valence-corrected chi connectivity index (χ4v) is 6.53. The molecule has 2 saturated heterocycles. The molecule has 0 bridgehead atoms. The minimum absolute atomic E-state index is 0.00170. The number of carbonyl (C=O) groups is 3. The van der Waals surface area contributed by atoms with Gasteiger partial charge in [0.1, 0.15) is 5.82 Å². The Bertz CT molecular complexity index is 1290. The van der Waals surface area contributed by atoms with Crippen molar-refractivity contribution in [3.63, 3.8) is 0 Å². The summed E-state index contributed by atoms with van der Waals surface area (Å²) in [4.78, 5) is 50.0. The van der Waals surface area contributed by atoms with Gasteiger partial charge in [0, 0.05) is 62.8 Å². The highest BCUT2D eigenvalue weighted by Gasteiger charge is 2.46. The van der Waals surface area contributed by atoms with Gasteiger partial charge in [-0.1, -0.05) is 17.7 Å². The van der Waals surface area contributed by atoms with Crippen LogP contribution in [0.25, 0.3) is 6.08 Å². The standard InChI is InChI=1S/C29H33N5O3S/c35-25(32-12-6-21(7-13-32)18-24-3-1-16-38-24)5-4-22-17-23-19-29(27(36)31-26(23)30-20-22)8-14-34(15-9-29)28(37)33-10-2-11-33/h1,3-6,16-17,20H,2,7-15,18-19H2,(H,30,31,36). The van der Waals surface area contributed by atoms with Crippen molar-refractivity contribution in [2.24, 2.45) is 5.41 Å². The zero-order valence-electron chi connectivity index (χ0n) is 21.5. The minimum atomic E-state index is -0.514. The minimum Gasteiger partial charge on any atom is -0.335 e. The van der Waals surface area contributed by atoms with Crippen LogP contribution in [-0.2, 0) is 22.4 Å². The van der Waals surface area contributed by atoms with Crippen molar-refractivity contribution in [1.82, 2.24) is 19.7 Å². The molecule has 2 aromatic rings. The highest BCUT2D eigenvalue weighted by atomic mass is 32.1. The van der Waals surface area contributed by atoms with Crippen LogP contribution in [0.15, 0.2) is 47.5 Å². The second-order valence-corrected chi connectivity index (χ2v) is 11.8. The van der Waals surface area contributed by atoms with E-state index in [0.717, 1.165) is 50.0 Å². The average molecular weight is 532 g/mol. The molecule has 0 unspecified atom stereocenters. The van der Waals surface area contributed by atoms with Crippen LogP contribution < -0.4 is 5.32 Å². The molecule has 198 valence electrons. The van der Waals surface area contributed by atoms with E-state index in [1.807, 2.05) is 26.8 Å². The van der Waals surface area contributed by atoms with Gasteiger partial charge in [-0.15, -0.1) is 11.3 Å². The van der Waals surface area contributed by atoms with Gasteiger partial charge in [-0.3, -0.25) is 9.59 Å². The molecule has 6 heterocycles. The second-order valence-electron chi connectivity index (χ2n) is 10.8. The van der Waals surface area contributed by atoms with Gasteiger partial charge in [-0.2, -0.15) is 0 Å². The number of rotatable bonds is 4. The number of nitrogens with one attached hydrogen (secondary N) is 1. The van der Waals surface area contributed by atoms with E-state index in [1.165, 1.54) is 10.5 Å². The Morgan fingerprint density at radius 1 is 1.11 bits per heavy atom. The number of pyridine rings is 1. The van der Waals surface area contributed by atoms with Crippen LogP contribution in [0, 0.1) is 5.41 Å². The van der Waals surface area contributed by atoms with Crippen LogP contribution in [-0.4, -0.2) is 76.8 Å². The van der Waals surface area contributed by atoms with Crippen molar-refractivity contribution < 1.29 is 14.4 Å². The maximum Gasteiger partial charge on any atom is 0.320 e. The lowest BCUT2D eigenvalue weighted by molar-refractivity contribution is -0.128. The Kier molecular flexibility index (Phi) is 6.78. The van der Waals surface area contributed by atoms with Crippen molar-refractivity contribution in [2.45, 2.75) is 38.5 Å². The summed E-state index contributed by atoms with van der Waals surface area (Å²) in [6, 6.07) is 6.36. The maximum absolute atomic E-state index is 13.1. The number of anilines is 1. The molecule has 6 rings (SSSR count). The van der Waals surface area contributed by atoms with Crippen LogP contribution in [0.4, 0.5) is 10.6 Å². The molecule has 0 atom stereocenters. The molecule has 0 aliphatic carbocycles. The zero-order valence-corrected chi connectivity index (χ0v) is 22.3. The number of carbonyl (C=O) groups excluding carboxylic acids is 3. The van der Waals surface area contributed by atoms with Gasteiger partial charge in [0.15, 0.2) is 0 Å². The molecule has 2 aromatic heterocycles. The van der Waals surface area contributed by atoms with Crippen LogP contribution in [0.5, 0.6) is 0 Å². The summed E-state index contributed by atoms with van der Waals surface area (Å²) >= 11 is 1.77. The predicted octanol–water partition coefficient (Wildman–Crippen LogP) is 3.96. The monoisotopic (exact) mass is 531 g/mol. The van der Waals surface area contributed by atoms with Crippen molar-refractivity contribution in [3.8, 4) is 0 Å². The third-order valence-electron chi connectivity index (χ3n) is 8.36. The Hall–Kier alpha value is -3.46. The summed E-state index contributed by atoms with van der Waals surface area (Å²) in [5, 5.41) is 5.10. The number of likely N-dealkylation sites (tertiary alicyclic amines) is 2. The molecule has 4 aliphatic rings. The molecule has 9 heteroatoms. The third-order valence-corrected chi connectivity index (χ3v) is 9.24. The molecule has 0 aromatic carbocycles. The summed E-state index contributed by atoms with van der Waals surface area (Å²) in [6.45, 7) is 4.23. The Labute approximate surface area is 227 Å². The number of amides is 4. The molecule has 8 nitrogen and oxygen atoms in total. The molecular weight excluding hydrogens is 498 g/mol. The van der Waals surface area contributed by atoms with Crippen LogP contribution in [0.2, 0.25) is 0 Å². The topological polar surface area (TPSA) is 85.9 Å². The van der Waals surface area contributed by atoms with Crippen molar-refractivity contribution in [1.29, 1.82) is 0 Å². The van der Waals surface area contributed by atoms with Crippen molar-refractivity contribution in [2.75, 3.05) is 44.6 Å². The van der Waals surface area contributed by atoms with Gasteiger partial charge in [0.2, 0.25) is 11.8 Å². The van der Waals surface area contributed by atoms with Gasteiger partial charge in [0.05, 0.1) is 5.41 Å². The molecular formula is C29H33N5O3S. The number of aromatic nitrogens is 1. The molecule has 1 spiro atoms. The van der Waals surface area contributed by atoms with Crippen molar-refractivity contribution >= 4 is 41.1 Å². The fourth-order valence-electron chi connectivity index (χ4n) is 5.77. The first-order valence-electron chi connectivity index (χ1n) is 13.5. The van der Waals surface area contributed by atoms with E-state index in [2.05, 4.69) is 33.9 Å². The Balaban J connectivity index is 1.07. The van der Waals surface area contributed by atoms with E-state index in [4.69, 9.17) is 0 Å². The summed E-state index contributed by atoms with van der Waals surface area (Å²) in [6.07, 6.45) is 12.2. The predicted molar refractivity (Wildman–Crippen MR) is 148 cm³/mol. The van der Waals surface area contributed by atoms with Gasteiger partial charge >= 0.3 is 6.03 Å². The lowest BCUT2D eigenvalue weighted by Crippen LogP contribution is -2.55. The number of fused-ring (bicyclic) bond motifs is 1. The van der Waals surface area contributed by atoms with E-state index >= 15 is 0 Å². The van der Waals surface area contributed by atoms with Crippen LogP contribution >= 0.6 is 11.3 Å². The number of nitrogens with zero attached hydrogens (tertiary/aromatic N) is 4. The van der Waals surface area contributed by atoms with Gasteiger partial charge in [0.25, 0.3) is 0 Å². The molecule has 0 radical (unpaired) electrons. The quantitative estimate of drug-likeness (QED) is 0.478. The Morgan fingerprint density at radius 3 is 2.61 bits per heavy atom. The first-order valence-corrected chi connectivity index (χ1v) is 14.4. The normalized spacial score (nSPS) is 20.7. The molecule has 38 heavy (non-hydrogen) atoms. The second kappa shape index (κ2) is 10.4. The highest BCUT2D eigenvalue weighted by molar-refractivity contribution is 7.09. The number of urea groups is 1. The summed E-state index contributed by atoms with van der Waals surface area (Å²) in [7, 11) is 0. The highest BCUT2D eigenvalue weighted by Crippen LogP contribution is 2.41. The smallest absolute Gasteiger partial charge is 0.320 e. The largest absolute Gasteiger partial charge is 0.335 e. The van der Waals surface area contributed by atoms with E-state index in [0.29, 0.717) is 44.7 Å².